The second kappa shape index (κ2) is 8.22. The van der Waals surface area contributed by atoms with Crippen LogP contribution in [0.4, 0.5) is 0 Å². The van der Waals surface area contributed by atoms with Gasteiger partial charge in [0.1, 0.15) is 6.04 Å². The summed E-state index contributed by atoms with van der Waals surface area (Å²) in [6.07, 6.45) is 0. The molecular formula is C19H18BrN3O4. The summed E-state index contributed by atoms with van der Waals surface area (Å²) in [5.41, 5.74) is 1.25. The van der Waals surface area contributed by atoms with E-state index in [4.69, 9.17) is 14.0 Å². The topological polar surface area (TPSA) is 86.5 Å². The van der Waals surface area contributed by atoms with Crippen LogP contribution in [0.15, 0.2) is 51.5 Å². The molecule has 3 rings (SSSR count). The van der Waals surface area contributed by atoms with Crippen LogP contribution in [0.25, 0.3) is 11.4 Å². The molecule has 1 N–H and O–H groups in total. The van der Waals surface area contributed by atoms with Crippen LogP contribution in [-0.4, -0.2) is 30.3 Å². The fourth-order valence-corrected chi connectivity index (χ4v) is 2.95. The first-order valence-electron chi connectivity index (χ1n) is 8.15. The van der Waals surface area contributed by atoms with Crippen molar-refractivity contribution in [3.63, 3.8) is 0 Å². The van der Waals surface area contributed by atoms with Gasteiger partial charge in [-0.15, -0.1) is 0 Å². The van der Waals surface area contributed by atoms with Gasteiger partial charge in [0, 0.05) is 10.0 Å². The molecule has 0 unspecified atom stereocenters. The molecule has 7 nitrogen and oxygen atoms in total. The van der Waals surface area contributed by atoms with Gasteiger partial charge in [-0.1, -0.05) is 17.3 Å². The highest BCUT2D eigenvalue weighted by atomic mass is 79.9. The summed E-state index contributed by atoms with van der Waals surface area (Å²) in [6, 6.07) is 12.1. The average Bonchev–Trinajstić information content (AvgIpc) is 3.18. The van der Waals surface area contributed by atoms with Crippen molar-refractivity contribution in [2.45, 2.75) is 13.0 Å². The Morgan fingerprint density at radius 3 is 2.59 bits per heavy atom. The van der Waals surface area contributed by atoms with Crippen LogP contribution in [0.2, 0.25) is 0 Å². The first-order chi connectivity index (χ1) is 13.0. The number of hydrogen-bond donors (Lipinski definition) is 1. The summed E-state index contributed by atoms with van der Waals surface area (Å²) in [5.74, 6) is 1.64. The summed E-state index contributed by atoms with van der Waals surface area (Å²) >= 11 is 3.37. The van der Waals surface area contributed by atoms with Gasteiger partial charge in [0.15, 0.2) is 11.5 Å². The van der Waals surface area contributed by atoms with Gasteiger partial charge >= 0.3 is 0 Å². The number of rotatable bonds is 6. The van der Waals surface area contributed by atoms with Crippen LogP contribution in [0.5, 0.6) is 11.5 Å². The van der Waals surface area contributed by atoms with Crippen molar-refractivity contribution >= 4 is 21.8 Å². The van der Waals surface area contributed by atoms with Crippen molar-refractivity contribution in [3.05, 3.63) is 58.4 Å². The summed E-state index contributed by atoms with van der Waals surface area (Å²) in [4.78, 5) is 16.8. The summed E-state index contributed by atoms with van der Waals surface area (Å²) in [6.45, 7) is 1.78. The highest BCUT2D eigenvalue weighted by Gasteiger charge is 2.19. The van der Waals surface area contributed by atoms with E-state index >= 15 is 0 Å². The molecule has 140 valence electrons. The van der Waals surface area contributed by atoms with E-state index < -0.39 is 6.04 Å². The van der Waals surface area contributed by atoms with E-state index in [1.165, 1.54) is 0 Å². The maximum Gasteiger partial charge on any atom is 0.253 e. The van der Waals surface area contributed by atoms with Crippen molar-refractivity contribution in [2.75, 3.05) is 14.2 Å². The number of aromatic nitrogens is 2. The Bertz CT molecular complexity index is 958. The molecule has 0 aliphatic rings. The second-order valence-electron chi connectivity index (χ2n) is 5.70. The van der Waals surface area contributed by atoms with Gasteiger partial charge in [0.2, 0.25) is 11.7 Å². The van der Waals surface area contributed by atoms with Crippen molar-refractivity contribution in [2.24, 2.45) is 0 Å². The Balaban J connectivity index is 1.77. The predicted molar refractivity (Wildman–Crippen MR) is 103 cm³/mol. The first-order valence-corrected chi connectivity index (χ1v) is 8.94. The Labute approximate surface area is 164 Å². The molecule has 0 radical (unpaired) electrons. The van der Waals surface area contributed by atoms with E-state index in [0.29, 0.717) is 38.8 Å². The maximum atomic E-state index is 12.4. The third-order valence-electron chi connectivity index (χ3n) is 3.92. The maximum absolute atomic E-state index is 12.4. The van der Waals surface area contributed by atoms with Crippen molar-refractivity contribution < 1.29 is 18.8 Å². The lowest BCUT2D eigenvalue weighted by molar-refractivity contribution is 0.0931. The van der Waals surface area contributed by atoms with Crippen molar-refractivity contribution in [1.82, 2.24) is 15.5 Å². The highest BCUT2D eigenvalue weighted by molar-refractivity contribution is 9.10. The number of halogens is 1. The van der Waals surface area contributed by atoms with Crippen LogP contribution in [0.1, 0.15) is 29.2 Å². The molecule has 2 aromatic carbocycles. The van der Waals surface area contributed by atoms with Crippen LogP contribution in [0, 0.1) is 0 Å². The third kappa shape index (κ3) is 4.11. The molecule has 0 bridgehead atoms. The van der Waals surface area contributed by atoms with Gasteiger partial charge in [-0.05, 0) is 53.2 Å². The normalized spacial score (nSPS) is 11.7. The lowest BCUT2D eigenvalue weighted by Gasteiger charge is -2.10. The van der Waals surface area contributed by atoms with E-state index in [0.717, 1.165) is 0 Å². The van der Waals surface area contributed by atoms with Gasteiger partial charge in [-0.2, -0.15) is 4.98 Å². The number of carbonyl (C=O) groups excluding carboxylic acids is 1. The SMILES string of the molecule is COc1ccc(-c2noc([C@@H](C)NC(=O)c3ccccc3Br)n2)cc1OC. The molecule has 1 heterocycles. The lowest BCUT2D eigenvalue weighted by Crippen LogP contribution is -2.27. The first kappa shape index (κ1) is 18.9. The number of methoxy groups -OCH3 is 2. The van der Waals surface area contributed by atoms with Gasteiger partial charge in [-0.3, -0.25) is 4.79 Å². The van der Waals surface area contributed by atoms with Gasteiger partial charge in [0.05, 0.1) is 19.8 Å². The molecule has 1 amide bonds. The smallest absolute Gasteiger partial charge is 0.253 e. The number of nitrogens with zero attached hydrogens (tertiary/aromatic N) is 2. The molecule has 1 atom stereocenters. The van der Waals surface area contributed by atoms with Crippen molar-refractivity contribution in [1.29, 1.82) is 0 Å². The molecule has 0 saturated heterocycles. The molecule has 27 heavy (non-hydrogen) atoms. The second-order valence-corrected chi connectivity index (χ2v) is 6.56. The summed E-state index contributed by atoms with van der Waals surface area (Å²) in [7, 11) is 3.13. The van der Waals surface area contributed by atoms with Crippen LogP contribution < -0.4 is 14.8 Å². The number of ether oxygens (including phenoxy) is 2. The van der Waals surface area contributed by atoms with E-state index in [-0.39, 0.29) is 5.91 Å². The minimum absolute atomic E-state index is 0.235. The number of benzene rings is 2. The number of amides is 1. The highest BCUT2D eigenvalue weighted by Crippen LogP contribution is 2.31. The standard InChI is InChI=1S/C19H18BrN3O4/c1-11(21-18(24)13-6-4-5-7-14(13)20)19-22-17(23-27-19)12-8-9-15(25-2)16(10-12)26-3/h4-11H,1-3H3,(H,21,24)/t11-/m1/s1. The minimum atomic E-state index is -0.453. The third-order valence-corrected chi connectivity index (χ3v) is 4.61. The van der Waals surface area contributed by atoms with Crippen LogP contribution >= 0.6 is 15.9 Å². The average molecular weight is 432 g/mol. The number of nitrogens with one attached hydrogen (secondary N) is 1. The summed E-state index contributed by atoms with van der Waals surface area (Å²) < 4.78 is 16.6. The molecule has 0 aliphatic heterocycles. The molecule has 0 aliphatic carbocycles. The van der Waals surface area contributed by atoms with Crippen LogP contribution in [-0.2, 0) is 0 Å². The van der Waals surface area contributed by atoms with E-state index in [2.05, 4.69) is 31.4 Å². The fourth-order valence-electron chi connectivity index (χ4n) is 2.49. The largest absolute Gasteiger partial charge is 0.493 e. The zero-order valence-electron chi connectivity index (χ0n) is 15.0. The monoisotopic (exact) mass is 431 g/mol. The zero-order chi connectivity index (χ0) is 19.4. The molecule has 1 aromatic heterocycles. The molecular weight excluding hydrogens is 414 g/mol. The molecule has 0 spiro atoms. The Morgan fingerprint density at radius 1 is 1.15 bits per heavy atom. The lowest BCUT2D eigenvalue weighted by atomic mass is 10.2. The van der Waals surface area contributed by atoms with Crippen LogP contribution in [0.3, 0.4) is 0 Å². The minimum Gasteiger partial charge on any atom is -0.493 e. The fraction of sp³-hybridized carbons (Fsp3) is 0.211. The molecule has 3 aromatic rings. The zero-order valence-corrected chi connectivity index (χ0v) is 16.6. The van der Waals surface area contributed by atoms with E-state index in [9.17, 15) is 4.79 Å². The Kier molecular flexibility index (Phi) is 5.75. The Hall–Kier alpha value is -2.87. The van der Waals surface area contributed by atoms with Gasteiger partial charge in [0.25, 0.3) is 5.91 Å². The predicted octanol–water partition coefficient (Wildman–Crippen LogP) is 4.01. The van der Waals surface area contributed by atoms with E-state index in [1.807, 2.05) is 6.07 Å². The molecule has 0 saturated carbocycles. The quantitative estimate of drug-likeness (QED) is 0.634. The van der Waals surface area contributed by atoms with Gasteiger partial charge in [-0.25, -0.2) is 0 Å². The number of carbonyl (C=O) groups is 1. The number of hydrogen-bond acceptors (Lipinski definition) is 6. The van der Waals surface area contributed by atoms with Crippen molar-refractivity contribution in [3.8, 4) is 22.9 Å². The molecule has 0 fully saturated rings. The van der Waals surface area contributed by atoms with E-state index in [1.54, 1.807) is 57.5 Å². The Morgan fingerprint density at radius 2 is 1.89 bits per heavy atom. The van der Waals surface area contributed by atoms with Gasteiger partial charge < -0.3 is 19.3 Å². The summed E-state index contributed by atoms with van der Waals surface area (Å²) in [5, 5.41) is 6.84. The molecule has 8 heteroatoms.